The molecule has 5 N–H and O–H groups in total. The molecule has 1 aliphatic heterocycles. The minimum absolute atomic E-state index is 0.0461. The Morgan fingerprint density at radius 1 is 1.28 bits per heavy atom. The Bertz CT molecular complexity index is 525. The fraction of sp³-hybridized carbons (Fsp3) is 0.455. The van der Waals surface area contributed by atoms with Gasteiger partial charge in [-0.15, -0.1) is 0 Å². The summed E-state index contributed by atoms with van der Waals surface area (Å²) in [4.78, 5) is 0.0461. The van der Waals surface area contributed by atoms with Crippen LogP contribution in [0.25, 0.3) is 0 Å². The Kier molecular flexibility index (Phi) is 4.04. The van der Waals surface area contributed by atoms with Gasteiger partial charge in [0.2, 0.25) is 10.0 Å². The van der Waals surface area contributed by atoms with Gasteiger partial charge in [-0.1, -0.05) is 0 Å². The number of thioether (sulfide) groups is 1. The van der Waals surface area contributed by atoms with Gasteiger partial charge in [-0.05, 0) is 42.5 Å². The maximum absolute atomic E-state index is 11.2. The van der Waals surface area contributed by atoms with E-state index in [0.29, 0.717) is 11.7 Å². The second-order valence-electron chi connectivity index (χ2n) is 4.33. The van der Waals surface area contributed by atoms with Crippen molar-refractivity contribution in [2.45, 2.75) is 23.8 Å². The summed E-state index contributed by atoms with van der Waals surface area (Å²) in [6, 6.07) is 4.96. The first-order valence-corrected chi connectivity index (χ1v) is 8.43. The zero-order valence-electron chi connectivity index (χ0n) is 9.93. The number of anilines is 2. The molecule has 0 unspecified atom stereocenters. The van der Waals surface area contributed by atoms with Crippen LogP contribution in [0.5, 0.6) is 0 Å². The van der Waals surface area contributed by atoms with E-state index in [4.69, 9.17) is 10.9 Å². The Morgan fingerprint density at radius 3 is 2.50 bits per heavy atom. The van der Waals surface area contributed by atoms with Crippen LogP contribution in [0.4, 0.5) is 11.4 Å². The highest BCUT2D eigenvalue weighted by Crippen LogP contribution is 2.26. The zero-order valence-corrected chi connectivity index (χ0v) is 11.6. The predicted octanol–water partition coefficient (Wildman–Crippen LogP) is 1.22. The third-order valence-electron chi connectivity index (χ3n) is 2.93. The molecule has 0 aliphatic carbocycles. The van der Waals surface area contributed by atoms with E-state index in [0.717, 1.165) is 30.0 Å². The number of nitrogen functional groups attached to an aromatic ring is 1. The van der Waals surface area contributed by atoms with Gasteiger partial charge < -0.3 is 11.1 Å². The molecule has 1 saturated heterocycles. The minimum Gasteiger partial charge on any atom is -0.397 e. The second kappa shape index (κ2) is 5.38. The van der Waals surface area contributed by atoms with Gasteiger partial charge in [0.25, 0.3) is 0 Å². The summed E-state index contributed by atoms with van der Waals surface area (Å²) in [5, 5.41) is 8.41. The fourth-order valence-electron chi connectivity index (χ4n) is 1.91. The number of hydrogen-bond donors (Lipinski definition) is 3. The zero-order chi connectivity index (χ0) is 13.2. The SMILES string of the molecule is Nc1cc(S(N)(=O)=O)ccc1NC1CCSCC1. The van der Waals surface area contributed by atoms with Crippen LogP contribution in [0.15, 0.2) is 23.1 Å². The lowest BCUT2D eigenvalue weighted by Gasteiger charge is -2.24. The van der Waals surface area contributed by atoms with Crippen molar-refractivity contribution >= 4 is 33.2 Å². The first-order valence-electron chi connectivity index (χ1n) is 5.73. The minimum atomic E-state index is -3.69. The normalized spacial score (nSPS) is 17.6. The van der Waals surface area contributed by atoms with Crippen LogP contribution in [0.2, 0.25) is 0 Å². The van der Waals surface area contributed by atoms with Gasteiger partial charge in [0.05, 0.1) is 16.3 Å². The van der Waals surface area contributed by atoms with Gasteiger partial charge in [-0.25, -0.2) is 13.6 Å². The van der Waals surface area contributed by atoms with Crippen molar-refractivity contribution in [1.82, 2.24) is 0 Å². The van der Waals surface area contributed by atoms with E-state index in [1.807, 2.05) is 11.8 Å². The maximum atomic E-state index is 11.2. The molecule has 1 heterocycles. The molecule has 18 heavy (non-hydrogen) atoms. The van der Waals surface area contributed by atoms with E-state index in [1.54, 1.807) is 6.07 Å². The molecule has 0 amide bonds. The molecule has 1 fully saturated rings. The second-order valence-corrected chi connectivity index (χ2v) is 7.11. The number of sulfonamides is 1. The molecule has 1 aromatic carbocycles. The number of rotatable bonds is 3. The number of primary sulfonamides is 1. The number of benzene rings is 1. The highest BCUT2D eigenvalue weighted by molar-refractivity contribution is 7.99. The molecular weight excluding hydrogens is 270 g/mol. The summed E-state index contributed by atoms with van der Waals surface area (Å²) in [6.45, 7) is 0. The molecule has 0 aromatic heterocycles. The van der Waals surface area contributed by atoms with E-state index >= 15 is 0 Å². The smallest absolute Gasteiger partial charge is 0.238 e. The summed E-state index contributed by atoms with van der Waals surface area (Å²) in [6.07, 6.45) is 2.20. The molecule has 0 radical (unpaired) electrons. The largest absolute Gasteiger partial charge is 0.397 e. The molecule has 0 spiro atoms. The van der Waals surface area contributed by atoms with Crippen molar-refractivity contribution in [3.8, 4) is 0 Å². The van der Waals surface area contributed by atoms with Crippen molar-refractivity contribution in [3.05, 3.63) is 18.2 Å². The predicted molar refractivity (Wildman–Crippen MR) is 76.2 cm³/mol. The Morgan fingerprint density at radius 2 is 1.94 bits per heavy atom. The van der Waals surface area contributed by atoms with E-state index in [9.17, 15) is 8.42 Å². The van der Waals surface area contributed by atoms with Gasteiger partial charge in [0, 0.05) is 6.04 Å². The van der Waals surface area contributed by atoms with Crippen LogP contribution < -0.4 is 16.2 Å². The molecule has 7 heteroatoms. The van der Waals surface area contributed by atoms with Gasteiger partial charge in [-0.3, -0.25) is 0 Å². The third kappa shape index (κ3) is 3.30. The van der Waals surface area contributed by atoms with E-state index in [-0.39, 0.29) is 4.90 Å². The van der Waals surface area contributed by atoms with Crippen LogP contribution in [-0.4, -0.2) is 26.0 Å². The molecule has 1 aromatic rings. The Balaban J connectivity index is 2.14. The van der Waals surface area contributed by atoms with E-state index in [1.165, 1.54) is 12.1 Å². The average Bonchev–Trinajstić information content (AvgIpc) is 2.32. The fourth-order valence-corrected chi connectivity index (χ4v) is 3.57. The van der Waals surface area contributed by atoms with Crippen molar-refractivity contribution in [2.75, 3.05) is 22.6 Å². The molecule has 1 aliphatic rings. The topological polar surface area (TPSA) is 98.2 Å². The summed E-state index contributed by atoms with van der Waals surface area (Å²) < 4.78 is 22.4. The third-order valence-corrected chi connectivity index (χ3v) is 4.89. The van der Waals surface area contributed by atoms with Gasteiger partial charge >= 0.3 is 0 Å². The van der Waals surface area contributed by atoms with Gasteiger partial charge in [0.1, 0.15) is 0 Å². The molecular formula is C11H17N3O2S2. The van der Waals surface area contributed by atoms with Crippen molar-refractivity contribution in [1.29, 1.82) is 0 Å². The lowest BCUT2D eigenvalue weighted by Crippen LogP contribution is -2.25. The van der Waals surface area contributed by atoms with Crippen LogP contribution >= 0.6 is 11.8 Å². The Hall–Kier alpha value is -0.920. The first kappa shape index (κ1) is 13.5. The van der Waals surface area contributed by atoms with Crippen molar-refractivity contribution in [2.24, 2.45) is 5.14 Å². The van der Waals surface area contributed by atoms with Crippen LogP contribution in [0.1, 0.15) is 12.8 Å². The highest BCUT2D eigenvalue weighted by Gasteiger charge is 2.15. The lowest BCUT2D eigenvalue weighted by molar-refractivity contribution is 0.598. The van der Waals surface area contributed by atoms with Crippen LogP contribution in [0, 0.1) is 0 Å². The first-order chi connectivity index (χ1) is 8.47. The monoisotopic (exact) mass is 287 g/mol. The van der Waals surface area contributed by atoms with Gasteiger partial charge in [0.15, 0.2) is 0 Å². The molecule has 100 valence electrons. The maximum Gasteiger partial charge on any atom is 0.238 e. The molecule has 2 rings (SSSR count). The molecule has 0 atom stereocenters. The summed E-state index contributed by atoms with van der Waals surface area (Å²) in [5.74, 6) is 2.29. The molecule has 5 nitrogen and oxygen atoms in total. The van der Waals surface area contributed by atoms with E-state index in [2.05, 4.69) is 5.32 Å². The van der Waals surface area contributed by atoms with Crippen LogP contribution in [0.3, 0.4) is 0 Å². The number of nitrogens with two attached hydrogens (primary N) is 2. The number of hydrogen-bond acceptors (Lipinski definition) is 5. The average molecular weight is 287 g/mol. The molecule has 0 bridgehead atoms. The summed E-state index contributed by atoms with van der Waals surface area (Å²) in [5.41, 5.74) is 7.04. The quantitative estimate of drug-likeness (QED) is 0.726. The van der Waals surface area contributed by atoms with Crippen molar-refractivity contribution < 1.29 is 8.42 Å². The van der Waals surface area contributed by atoms with Gasteiger partial charge in [-0.2, -0.15) is 11.8 Å². The standard InChI is InChI=1S/C11H17N3O2S2/c12-10-7-9(18(13,15)16)1-2-11(10)14-8-3-5-17-6-4-8/h1-2,7-8,14H,3-6,12H2,(H2,13,15,16). The lowest BCUT2D eigenvalue weighted by atomic mass is 10.1. The highest BCUT2D eigenvalue weighted by atomic mass is 32.2. The van der Waals surface area contributed by atoms with Crippen LogP contribution in [-0.2, 0) is 10.0 Å². The van der Waals surface area contributed by atoms with E-state index < -0.39 is 10.0 Å². The summed E-state index contributed by atoms with van der Waals surface area (Å²) >= 11 is 1.95. The Labute approximate surface area is 111 Å². The molecule has 0 saturated carbocycles. The summed E-state index contributed by atoms with van der Waals surface area (Å²) in [7, 11) is -3.69. The number of nitrogens with one attached hydrogen (secondary N) is 1. The van der Waals surface area contributed by atoms with Crippen molar-refractivity contribution in [3.63, 3.8) is 0 Å².